The van der Waals surface area contributed by atoms with Crippen molar-refractivity contribution < 1.29 is 9.59 Å². The molecule has 3 rings (SSSR count). The molecule has 1 fully saturated rings. The van der Waals surface area contributed by atoms with Gasteiger partial charge in [-0.3, -0.25) is 4.79 Å². The molecule has 26 heavy (non-hydrogen) atoms. The van der Waals surface area contributed by atoms with Crippen molar-refractivity contribution in [2.75, 3.05) is 17.2 Å². The SMILES string of the molecule is NCC1CCCC1NC(=O)c1ccc(NC(=O)Nc2ccccc2)cc1. The number of para-hydroxylation sites is 1. The van der Waals surface area contributed by atoms with Crippen molar-refractivity contribution in [3.63, 3.8) is 0 Å². The monoisotopic (exact) mass is 352 g/mol. The quantitative estimate of drug-likeness (QED) is 0.665. The molecule has 0 bridgehead atoms. The summed E-state index contributed by atoms with van der Waals surface area (Å²) in [6.07, 6.45) is 3.15. The minimum absolute atomic E-state index is 0.101. The molecule has 5 N–H and O–H groups in total. The van der Waals surface area contributed by atoms with Gasteiger partial charge in [0.2, 0.25) is 0 Å². The van der Waals surface area contributed by atoms with E-state index in [0.29, 0.717) is 29.4 Å². The van der Waals surface area contributed by atoms with Gasteiger partial charge in [0.25, 0.3) is 5.91 Å². The molecule has 6 nitrogen and oxygen atoms in total. The second-order valence-corrected chi connectivity index (χ2v) is 6.53. The fraction of sp³-hybridized carbons (Fsp3) is 0.300. The molecule has 2 unspecified atom stereocenters. The highest BCUT2D eigenvalue weighted by atomic mass is 16.2. The Hall–Kier alpha value is -2.86. The van der Waals surface area contributed by atoms with E-state index < -0.39 is 0 Å². The summed E-state index contributed by atoms with van der Waals surface area (Å²) in [4.78, 5) is 24.4. The van der Waals surface area contributed by atoms with Gasteiger partial charge in [-0.1, -0.05) is 24.6 Å². The van der Waals surface area contributed by atoms with Crippen LogP contribution in [0.5, 0.6) is 0 Å². The maximum atomic E-state index is 12.4. The van der Waals surface area contributed by atoms with E-state index in [-0.39, 0.29) is 18.0 Å². The van der Waals surface area contributed by atoms with E-state index in [1.165, 1.54) is 0 Å². The third-order valence-corrected chi connectivity index (χ3v) is 4.71. The zero-order valence-electron chi connectivity index (χ0n) is 14.6. The smallest absolute Gasteiger partial charge is 0.323 e. The second-order valence-electron chi connectivity index (χ2n) is 6.53. The lowest BCUT2D eigenvalue weighted by molar-refractivity contribution is 0.0929. The Balaban J connectivity index is 1.54. The van der Waals surface area contributed by atoms with Gasteiger partial charge >= 0.3 is 6.03 Å². The van der Waals surface area contributed by atoms with Gasteiger partial charge in [-0.25, -0.2) is 4.79 Å². The van der Waals surface area contributed by atoms with E-state index in [1.54, 1.807) is 24.3 Å². The molecule has 1 saturated carbocycles. The van der Waals surface area contributed by atoms with E-state index >= 15 is 0 Å². The van der Waals surface area contributed by atoms with Crippen molar-refractivity contribution >= 4 is 23.3 Å². The maximum Gasteiger partial charge on any atom is 0.323 e. The summed E-state index contributed by atoms with van der Waals surface area (Å²) < 4.78 is 0. The Morgan fingerprint density at radius 2 is 1.58 bits per heavy atom. The first kappa shape index (κ1) is 17.9. The molecule has 3 amide bonds. The van der Waals surface area contributed by atoms with Crippen LogP contribution in [0.1, 0.15) is 29.6 Å². The molecule has 0 heterocycles. The van der Waals surface area contributed by atoms with Gasteiger partial charge in [-0.2, -0.15) is 0 Å². The number of carbonyl (C=O) groups is 2. The van der Waals surface area contributed by atoms with Crippen molar-refractivity contribution in [2.24, 2.45) is 11.7 Å². The molecule has 0 aromatic heterocycles. The molecule has 0 spiro atoms. The normalized spacial score (nSPS) is 19.0. The van der Waals surface area contributed by atoms with Crippen LogP contribution in [0.15, 0.2) is 54.6 Å². The van der Waals surface area contributed by atoms with E-state index in [2.05, 4.69) is 16.0 Å². The number of nitrogens with two attached hydrogens (primary N) is 1. The predicted octanol–water partition coefficient (Wildman–Crippen LogP) is 3.19. The lowest BCUT2D eigenvalue weighted by Gasteiger charge is -2.19. The molecule has 1 aliphatic rings. The van der Waals surface area contributed by atoms with Crippen molar-refractivity contribution in [3.05, 3.63) is 60.2 Å². The average Bonchev–Trinajstić information content (AvgIpc) is 3.10. The number of rotatable bonds is 5. The Morgan fingerprint density at radius 3 is 2.23 bits per heavy atom. The zero-order chi connectivity index (χ0) is 18.4. The lowest BCUT2D eigenvalue weighted by atomic mass is 10.0. The van der Waals surface area contributed by atoms with Crippen molar-refractivity contribution in [3.8, 4) is 0 Å². The van der Waals surface area contributed by atoms with Gasteiger partial charge < -0.3 is 21.7 Å². The first-order valence-corrected chi connectivity index (χ1v) is 8.90. The Labute approximate surface area is 153 Å². The topological polar surface area (TPSA) is 96.2 Å². The maximum absolute atomic E-state index is 12.4. The van der Waals surface area contributed by atoms with Crippen LogP contribution in [0.3, 0.4) is 0 Å². The first-order chi connectivity index (χ1) is 12.7. The van der Waals surface area contributed by atoms with Crippen LogP contribution in [0.2, 0.25) is 0 Å². The number of urea groups is 1. The van der Waals surface area contributed by atoms with Crippen LogP contribution < -0.4 is 21.7 Å². The molecule has 1 aliphatic carbocycles. The molecule has 0 aliphatic heterocycles. The third-order valence-electron chi connectivity index (χ3n) is 4.71. The Bertz CT molecular complexity index is 746. The number of nitrogens with one attached hydrogen (secondary N) is 3. The molecule has 0 saturated heterocycles. The number of anilines is 2. The van der Waals surface area contributed by atoms with Crippen LogP contribution in [-0.2, 0) is 0 Å². The molecule has 6 heteroatoms. The molecular formula is C20H24N4O2. The van der Waals surface area contributed by atoms with Gasteiger partial charge in [0.1, 0.15) is 0 Å². The van der Waals surface area contributed by atoms with Gasteiger partial charge in [0.15, 0.2) is 0 Å². The summed E-state index contributed by atoms with van der Waals surface area (Å²) in [5.41, 5.74) is 7.67. The van der Waals surface area contributed by atoms with E-state index in [0.717, 1.165) is 19.3 Å². The highest BCUT2D eigenvalue weighted by Crippen LogP contribution is 2.25. The number of hydrogen-bond acceptors (Lipinski definition) is 3. The lowest BCUT2D eigenvalue weighted by Crippen LogP contribution is -2.39. The molecular weight excluding hydrogens is 328 g/mol. The first-order valence-electron chi connectivity index (χ1n) is 8.90. The van der Waals surface area contributed by atoms with E-state index in [1.807, 2.05) is 30.3 Å². The summed E-state index contributed by atoms with van der Waals surface area (Å²) in [5, 5.41) is 8.56. The minimum atomic E-state index is -0.329. The van der Waals surface area contributed by atoms with Crippen LogP contribution in [0, 0.1) is 5.92 Å². The standard InChI is InChI=1S/C20H24N4O2/c21-13-15-5-4-8-18(15)24-19(25)14-9-11-17(12-10-14)23-20(26)22-16-6-2-1-3-7-16/h1-3,6-7,9-12,15,18H,4-5,8,13,21H2,(H,24,25)(H2,22,23,26). The van der Waals surface area contributed by atoms with Crippen molar-refractivity contribution in [1.82, 2.24) is 5.32 Å². The van der Waals surface area contributed by atoms with Crippen molar-refractivity contribution in [1.29, 1.82) is 0 Å². The third kappa shape index (κ3) is 4.61. The summed E-state index contributed by atoms with van der Waals surface area (Å²) in [6.45, 7) is 0.602. The minimum Gasteiger partial charge on any atom is -0.349 e. The van der Waals surface area contributed by atoms with E-state index in [4.69, 9.17) is 5.73 Å². The Kier molecular flexibility index (Phi) is 5.86. The molecule has 2 atom stereocenters. The number of benzene rings is 2. The largest absolute Gasteiger partial charge is 0.349 e. The molecule has 2 aromatic carbocycles. The Morgan fingerprint density at radius 1 is 0.923 bits per heavy atom. The van der Waals surface area contributed by atoms with Crippen LogP contribution in [0.25, 0.3) is 0 Å². The van der Waals surface area contributed by atoms with Crippen LogP contribution in [0.4, 0.5) is 16.2 Å². The highest BCUT2D eigenvalue weighted by molar-refractivity contribution is 6.00. The zero-order valence-corrected chi connectivity index (χ0v) is 14.6. The molecule has 2 aromatic rings. The number of carbonyl (C=O) groups excluding carboxylic acids is 2. The summed E-state index contributed by atoms with van der Waals surface area (Å²) in [7, 11) is 0. The van der Waals surface area contributed by atoms with Gasteiger partial charge in [-0.05, 0) is 61.7 Å². The van der Waals surface area contributed by atoms with Crippen molar-refractivity contribution in [2.45, 2.75) is 25.3 Å². The summed E-state index contributed by atoms with van der Waals surface area (Å²) in [6, 6.07) is 15.9. The average molecular weight is 352 g/mol. The highest BCUT2D eigenvalue weighted by Gasteiger charge is 2.27. The predicted molar refractivity (Wildman–Crippen MR) is 103 cm³/mol. The second kappa shape index (κ2) is 8.49. The van der Waals surface area contributed by atoms with Gasteiger partial charge in [0, 0.05) is 23.0 Å². The van der Waals surface area contributed by atoms with Gasteiger partial charge in [-0.15, -0.1) is 0 Å². The summed E-state index contributed by atoms with van der Waals surface area (Å²) >= 11 is 0. The van der Waals surface area contributed by atoms with Crippen LogP contribution >= 0.6 is 0 Å². The summed E-state index contributed by atoms with van der Waals surface area (Å²) in [5.74, 6) is 0.261. The molecule has 136 valence electrons. The number of hydrogen-bond donors (Lipinski definition) is 4. The fourth-order valence-electron chi connectivity index (χ4n) is 3.28. The van der Waals surface area contributed by atoms with Gasteiger partial charge in [0.05, 0.1) is 0 Å². The van der Waals surface area contributed by atoms with Crippen LogP contribution in [-0.4, -0.2) is 24.5 Å². The molecule has 0 radical (unpaired) electrons. The number of amides is 3. The van der Waals surface area contributed by atoms with E-state index in [9.17, 15) is 9.59 Å². The fourth-order valence-corrected chi connectivity index (χ4v) is 3.28.